The predicted octanol–water partition coefficient (Wildman–Crippen LogP) is 2.84. The van der Waals surface area contributed by atoms with Gasteiger partial charge in [0.25, 0.3) is 0 Å². The topological polar surface area (TPSA) is 107 Å². The molecule has 2 amide bonds. The molecule has 2 saturated heterocycles. The molecule has 3 N–H and O–H groups in total. The van der Waals surface area contributed by atoms with Gasteiger partial charge >= 0.3 is 5.97 Å². The summed E-state index contributed by atoms with van der Waals surface area (Å²) in [5, 5.41) is 23.4. The molecule has 2 heterocycles. The van der Waals surface area contributed by atoms with Crippen molar-refractivity contribution in [1.29, 1.82) is 0 Å². The Morgan fingerprint density at radius 1 is 1.14 bits per heavy atom. The number of hydrogen-bond donors (Lipinski definition) is 3. The third kappa shape index (κ3) is 2.78. The maximum atomic E-state index is 13.4. The number of anilines is 1. The van der Waals surface area contributed by atoms with Crippen molar-refractivity contribution in [3.05, 3.63) is 58.6 Å². The Hall–Kier alpha value is -2.71. The van der Waals surface area contributed by atoms with Gasteiger partial charge in [-0.1, -0.05) is 41.1 Å². The molecule has 0 aliphatic carbocycles. The molecule has 2 aromatic carbocycles. The normalized spacial score (nSPS) is 28.6. The van der Waals surface area contributed by atoms with Gasteiger partial charge in [0.1, 0.15) is 11.3 Å². The summed E-state index contributed by atoms with van der Waals surface area (Å²) in [4.78, 5) is 40.1. The molecule has 2 aromatic rings. The van der Waals surface area contributed by atoms with Crippen LogP contribution >= 0.6 is 15.9 Å². The van der Waals surface area contributed by atoms with E-state index in [9.17, 15) is 24.6 Å². The zero-order valence-electron chi connectivity index (χ0n) is 15.5. The van der Waals surface area contributed by atoms with Gasteiger partial charge in [-0.3, -0.25) is 19.7 Å². The fourth-order valence-corrected chi connectivity index (χ4v) is 4.80. The summed E-state index contributed by atoms with van der Waals surface area (Å²) in [6, 6.07) is 12.4. The molecule has 0 bridgehead atoms. The number of aliphatic carboxylic acids is 1. The number of hydrogen-bond acceptors (Lipinski definition) is 5. The number of carboxylic acid groups (broad SMARTS) is 1. The number of carbonyl (C=O) groups is 3. The number of aromatic hydroxyl groups is 1. The van der Waals surface area contributed by atoms with E-state index in [1.165, 1.54) is 6.07 Å². The quantitative estimate of drug-likeness (QED) is 0.608. The van der Waals surface area contributed by atoms with E-state index >= 15 is 0 Å². The van der Waals surface area contributed by atoms with Crippen LogP contribution < -0.4 is 10.2 Å². The lowest BCUT2D eigenvalue weighted by Crippen LogP contribution is -2.55. The summed E-state index contributed by atoms with van der Waals surface area (Å²) in [5.41, 5.74) is -0.809. The number of halogens is 1. The number of para-hydroxylation sites is 1. The Labute approximate surface area is 175 Å². The number of rotatable bonds is 4. The lowest BCUT2D eigenvalue weighted by Gasteiger charge is -2.30. The number of imide groups is 1. The predicted molar refractivity (Wildman–Crippen MR) is 108 cm³/mol. The lowest BCUT2D eigenvalue weighted by molar-refractivity contribution is -0.149. The van der Waals surface area contributed by atoms with Gasteiger partial charge < -0.3 is 10.2 Å². The van der Waals surface area contributed by atoms with Crippen LogP contribution in [0.3, 0.4) is 0 Å². The van der Waals surface area contributed by atoms with Gasteiger partial charge in [0.2, 0.25) is 11.8 Å². The van der Waals surface area contributed by atoms with E-state index in [0.29, 0.717) is 11.3 Å². The highest BCUT2D eigenvalue weighted by Gasteiger charge is 2.68. The zero-order valence-corrected chi connectivity index (χ0v) is 17.1. The second kappa shape index (κ2) is 6.96. The van der Waals surface area contributed by atoms with Crippen LogP contribution in [0.4, 0.5) is 5.69 Å². The Morgan fingerprint density at radius 2 is 1.79 bits per heavy atom. The van der Waals surface area contributed by atoms with Crippen molar-refractivity contribution in [2.75, 3.05) is 4.90 Å². The maximum absolute atomic E-state index is 13.4. The smallest absolute Gasteiger partial charge is 0.324 e. The molecule has 0 spiro atoms. The number of phenolic OH excluding ortho intramolecular Hbond substituents is 1. The number of benzene rings is 2. The van der Waals surface area contributed by atoms with Crippen molar-refractivity contribution in [1.82, 2.24) is 5.32 Å². The Balaban J connectivity index is 1.86. The van der Waals surface area contributed by atoms with Crippen molar-refractivity contribution >= 4 is 39.4 Å². The van der Waals surface area contributed by atoms with Gasteiger partial charge in [-0.25, -0.2) is 4.90 Å². The molecule has 2 aliphatic rings. The number of nitrogens with zero attached hydrogens (tertiary/aromatic N) is 1. The van der Waals surface area contributed by atoms with E-state index in [1.54, 1.807) is 49.4 Å². The minimum absolute atomic E-state index is 0.0524. The van der Waals surface area contributed by atoms with E-state index in [2.05, 4.69) is 21.2 Å². The van der Waals surface area contributed by atoms with E-state index < -0.39 is 41.2 Å². The average molecular weight is 459 g/mol. The number of phenols is 1. The number of carboxylic acids is 1. The molecule has 0 unspecified atom stereocenters. The van der Waals surface area contributed by atoms with Crippen molar-refractivity contribution in [2.45, 2.75) is 24.9 Å². The molecule has 4 rings (SSSR count). The molecule has 0 saturated carbocycles. The van der Waals surface area contributed by atoms with Crippen LogP contribution in [-0.2, 0) is 14.4 Å². The highest BCUT2D eigenvalue weighted by Crippen LogP contribution is 2.52. The molecular weight excluding hydrogens is 440 g/mol. The molecule has 2 fully saturated rings. The second-order valence-corrected chi connectivity index (χ2v) is 8.22. The van der Waals surface area contributed by atoms with Crippen LogP contribution in [0.15, 0.2) is 53.0 Å². The highest BCUT2D eigenvalue weighted by molar-refractivity contribution is 9.10. The van der Waals surface area contributed by atoms with E-state index in [0.717, 1.165) is 9.37 Å². The van der Waals surface area contributed by atoms with Crippen molar-refractivity contribution in [3.8, 4) is 5.75 Å². The first-order chi connectivity index (χ1) is 13.8. The van der Waals surface area contributed by atoms with Crippen molar-refractivity contribution in [2.24, 2.45) is 11.8 Å². The van der Waals surface area contributed by atoms with Crippen LogP contribution in [-0.4, -0.2) is 33.5 Å². The lowest BCUT2D eigenvalue weighted by atomic mass is 9.78. The average Bonchev–Trinajstić information content (AvgIpc) is 3.18. The Kier molecular flexibility index (Phi) is 4.71. The number of carbonyl (C=O) groups excluding carboxylic acids is 2. The summed E-state index contributed by atoms with van der Waals surface area (Å²) in [7, 11) is 0. The van der Waals surface area contributed by atoms with Gasteiger partial charge in [-0.05, 0) is 36.8 Å². The minimum atomic E-state index is -1.60. The van der Waals surface area contributed by atoms with Crippen molar-refractivity contribution < 1.29 is 24.6 Å². The molecule has 29 heavy (non-hydrogen) atoms. The SMILES string of the molecule is CC[C@]1(C(=O)O)N[C@H](c2ccccc2O)[C@@H]2C(=O)N(c3ccc(Br)cc3)C(=O)[C@@H]21. The molecular formula is C21H19BrN2O5. The van der Waals surface area contributed by atoms with Gasteiger partial charge in [-0.2, -0.15) is 0 Å². The third-order valence-corrected chi connectivity index (χ3v) is 6.48. The second-order valence-electron chi connectivity index (χ2n) is 7.30. The van der Waals surface area contributed by atoms with Crippen LogP contribution in [0.25, 0.3) is 0 Å². The number of fused-ring (bicyclic) bond motifs is 1. The Bertz CT molecular complexity index is 1010. The molecule has 0 aromatic heterocycles. The van der Waals surface area contributed by atoms with Crippen LogP contribution in [0.2, 0.25) is 0 Å². The molecule has 8 heteroatoms. The van der Waals surface area contributed by atoms with Crippen LogP contribution in [0.1, 0.15) is 24.9 Å². The van der Waals surface area contributed by atoms with E-state index in [4.69, 9.17) is 0 Å². The summed E-state index contributed by atoms with van der Waals surface area (Å²) < 4.78 is 0.794. The molecule has 4 atom stereocenters. The highest BCUT2D eigenvalue weighted by atomic mass is 79.9. The zero-order chi connectivity index (χ0) is 20.9. The van der Waals surface area contributed by atoms with Gasteiger partial charge in [0, 0.05) is 16.1 Å². The van der Waals surface area contributed by atoms with Gasteiger partial charge in [0.05, 0.1) is 17.5 Å². The fraction of sp³-hybridized carbons (Fsp3) is 0.286. The summed E-state index contributed by atoms with van der Waals surface area (Å²) in [5.74, 6) is -4.27. The minimum Gasteiger partial charge on any atom is -0.508 e. The van der Waals surface area contributed by atoms with Gasteiger partial charge in [-0.15, -0.1) is 0 Å². The molecule has 150 valence electrons. The Morgan fingerprint density at radius 3 is 2.38 bits per heavy atom. The fourth-order valence-electron chi connectivity index (χ4n) is 4.54. The first kappa shape index (κ1) is 19.6. The number of nitrogens with one attached hydrogen (secondary N) is 1. The monoisotopic (exact) mass is 458 g/mol. The summed E-state index contributed by atoms with van der Waals surface area (Å²) in [6.07, 6.45) is 0.112. The summed E-state index contributed by atoms with van der Waals surface area (Å²) in [6.45, 7) is 1.67. The first-order valence-corrected chi connectivity index (χ1v) is 10.0. The summed E-state index contributed by atoms with van der Waals surface area (Å²) >= 11 is 3.33. The van der Waals surface area contributed by atoms with Crippen LogP contribution in [0.5, 0.6) is 5.75 Å². The first-order valence-electron chi connectivity index (χ1n) is 9.24. The number of amides is 2. The molecule has 7 nitrogen and oxygen atoms in total. The molecule has 2 aliphatic heterocycles. The van der Waals surface area contributed by atoms with Crippen molar-refractivity contribution in [3.63, 3.8) is 0 Å². The van der Waals surface area contributed by atoms with Gasteiger partial charge in [0.15, 0.2) is 0 Å². The van der Waals surface area contributed by atoms with E-state index in [-0.39, 0.29) is 12.2 Å². The van der Waals surface area contributed by atoms with Crippen LogP contribution in [0, 0.1) is 11.8 Å². The van der Waals surface area contributed by atoms with E-state index in [1.807, 2.05) is 0 Å². The third-order valence-electron chi connectivity index (χ3n) is 5.95. The molecule has 0 radical (unpaired) electrons. The standard InChI is InChI=1S/C21H19BrN2O5/c1-2-21(20(28)29)16-15(17(23-21)13-5-3-4-6-14(13)25)18(26)24(19(16)27)12-9-7-11(22)8-10-12/h3-10,15-17,23,25H,2H2,1H3,(H,28,29)/t15-,16-,17-,21+/m1/s1. The largest absolute Gasteiger partial charge is 0.508 e. The maximum Gasteiger partial charge on any atom is 0.324 e.